The molecule has 0 aromatic carbocycles. The van der Waals surface area contributed by atoms with Gasteiger partial charge in [0.1, 0.15) is 0 Å². The quantitative estimate of drug-likeness (QED) is 0.698. The van der Waals surface area contributed by atoms with E-state index in [1.165, 1.54) is 0 Å². The zero-order valence-electron chi connectivity index (χ0n) is 10.0. The van der Waals surface area contributed by atoms with Gasteiger partial charge in [-0.2, -0.15) is 0 Å². The Bertz CT molecular complexity index is 446. The molecular weight excluding hydrogens is 238 g/mol. The Balaban J connectivity index is 2.44. The van der Waals surface area contributed by atoms with Gasteiger partial charge in [-0.05, 0) is 38.4 Å². The number of sulfonamides is 1. The van der Waals surface area contributed by atoms with E-state index in [1.807, 2.05) is 19.1 Å². The summed E-state index contributed by atoms with van der Waals surface area (Å²) in [5, 5.41) is 0. The van der Waals surface area contributed by atoms with Gasteiger partial charge in [-0.25, -0.2) is 13.1 Å². The molecule has 0 unspecified atom stereocenters. The van der Waals surface area contributed by atoms with Crippen LogP contribution in [0.4, 0.5) is 0 Å². The molecule has 5 nitrogen and oxygen atoms in total. The Labute approximate surface area is 102 Å². The van der Waals surface area contributed by atoms with Crippen LogP contribution in [0.25, 0.3) is 0 Å². The SMILES string of the molecule is Cc1cccc(CNS(=O)(=O)CCCCN)n1. The van der Waals surface area contributed by atoms with E-state index in [9.17, 15) is 8.42 Å². The molecule has 0 saturated heterocycles. The number of hydrogen-bond donors (Lipinski definition) is 2. The van der Waals surface area contributed by atoms with Crippen LogP contribution in [-0.2, 0) is 16.6 Å². The second-order valence-corrected chi connectivity index (χ2v) is 5.83. The second-order valence-electron chi connectivity index (χ2n) is 3.91. The predicted octanol–water partition coefficient (Wildman–Crippen LogP) is 0.548. The van der Waals surface area contributed by atoms with E-state index in [-0.39, 0.29) is 12.3 Å². The molecule has 0 atom stereocenters. The Morgan fingerprint density at radius 2 is 2.12 bits per heavy atom. The van der Waals surface area contributed by atoms with E-state index >= 15 is 0 Å². The minimum Gasteiger partial charge on any atom is -0.330 e. The van der Waals surface area contributed by atoms with Crippen LogP contribution in [0.2, 0.25) is 0 Å². The van der Waals surface area contributed by atoms with Gasteiger partial charge in [0.2, 0.25) is 10.0 Å². The highest BCUT2D eigenvalue weighted by atomic mass is 32.2. The van der Waals surface area contributed by atoms with Crippen molar-refractivity contribution < 1.29 is 8.42 Å². The number of pyridine rings is 1. The summed E-state index contributed by atoms with van der Waals surface area (Å²) in [6.07, 6.45) is 1.32. The van der Waals surface area contributed by atoms with Crippen LogP contribution in [0.15, 0.2) is 18.2 Å². The summed E-state index contributed by atoms with van der Waals surface area (Å²) in [6, 6.07) is 5.54. The fourth-order valence-electron chi connectivity index (χ4n) is 1.39. The lowest BCUT2D eigenvalue weighted by atomic mass is 10.3. The third-order valence-electron chi connectivity index (χ3n) is 2.29. The van der Waals surface area contributed by atoms with Gasteiger partial charge in [0.15, 0.2) is 0 Å². The number of hydrogen-bond acceptors (Lipinski definition) is 4. The van der Waals surface area contributed by atoms with Crippen molar-refractivity contribution in [1.82, 2.24) is 9.71 Å². The first kappa shape index (κ1) is 14.1. The third-order valence-corrected chi connectivity index (χ3v) is 3.70. The van der Waals surface area contributed by atoms with Gasteiger partial charge in [0.05, 0.1) is 18.0 Å². The van der Waals surface area contributed by atoms with Crippen LogP contribution in [0.3, 0.4) is 0 Å². The molecule has 1 aromatic rings. The summed E-state index contributed by atoms with van der Waals surface area (Å²) in [7, 11) is -3.21. The third kappa shape index (κ3) is 5.76. The van der Waals surface area contributed by atoms with Crippen LogP contribution >= 0.6 is 0 Å². The van der Waals surface area contributed by atoms with Crippen LogP contribution in [0, 0.1) is 6.92 Å². The smallest absolute Gasteiger partial charge is 0.211 e. The van der Waals surface area contributed by atoms with Crippen molar-refractivity contribution in [2.45, 2.75) is 26.3 Å². The summed E-state index contributed by atoms with van der Waals surface area (Å²) in [4.78, 5) is 4.23. The van der Waals surface area contributed by atoms with Gasteiger partial charge >= 0.3 is 0 Å². The molecule has 0 saturated carbocycles. The van der Waals surface area contributed by atoms with Gasteiger partial charge in [-0.3, -0.25) is 4.98 Å². The van der Waals surface area contributed by atoms with Crippen molar-refractivity contribution in [2.75, 3.05) is 12.3 Å². The highest BCUT2D eigenvalue weighted by molar-refractivity contribution is 7.89. The van der Waals surface area contributed by atoms with Crippen molar-refractivity contribution >= 4 is 10.0 Å². The maximum Gasteiger partial charge on any atom is 0.211 e. The highest BCUT2D eigenvalue weighted by Gasteiger charge is 2.09. The first-order valence-electron chi connectivity index (χ1n) is 5.63. The van der Waals surface area contributed by atoms with Gasteiger partial charge in [0, 0.05) is 5.69 Å². The minimum atomic E-state index is -3.21. The summed E-state index contributed by atoms with van der Waals surface area (Å²) in [6.45, 7) is 2.64. The van der Waals surface area contributed by atoms with Crippen LogP contribution < -0.4 is 10.5 Å². The number of nitrogens with one attached hydrogen (secondary N) is 1. The van der Waals surface area contributed by atoms with Gasteiger partial charge < -0.3 is 5.73 Å². The molecule has 6 heteroatoms. The lowest BCUT2D eigenvalue weighted by molar-refractivity contribution is 0.576. The fraction of sp³-hybridized carbons (Fsp3) is 0.545. The molecule has 1 aromatic heterocycles. The van der Waals surface area contributed by atoms with Crippen molar-refractivity contribution in [3.63, 3.8) is 0 Å². The molecule has 96 valence electrons. The van der Waals surface area contributed by atoms with E-state index in [0.717, 1.165) is 17.8 Å². The Morgan fingerprint density at radius 1 is 1.35 bits per heavy atom. The molecule has 1 rings (SSSR count). The minimum absolute atomic E-state index is 0.121. The summed E-state index contributed by atoms with van der Waals surface area (Å²) < 4.78 is 25.7. The van der Waals surface area contributed by atoms with Gasteiger partial charge in [-0.15, -0.1) is 0 Å². The van der Waals surface area contributed by atoms with E-state index in [2.05, 4.69) is 9.71 Å². The van der Waals surface area contributed by atoms with Crippen LogP contribution in [-0.4, -0.2) is 25.7 Å². The molecule has 0 amide bonds. The Kier molecular flexibility index (Phi) is 5.54. The largest absolute Gasteiger partial charge is 0.330 e. The molecule has 1 heterocycles. The number of aryl methyl sites for hydroxylation is 1. The van der Waals surface area contributed by atoms with Crippen molar-refractivity contribution in [2.24, 2.45) is 5.73 Å². The average molecular weight is 257 g/mol. The molecule has 3 N–H and O–H groups in total. The van der Waals surface area contributed by atoms with E-state index < -0.39 is 10.0 Å². The normalized spacial score (nSPS) is 11.6. The van der Waals surface area contributed by atoms with Crippen molar-refractivity contribution in [1.29, 1.82) is 0 Å². The maximum atomic E-state index is 11.6. The maximum absolute atomic E-state index is 11.6. The van der Waals surface area contributed by atoms with E-state index in [4.69, 9.17) is 5.73 Å². The molecule has 0 aliphatic heterocycles. The number of nitrogens with two attached hydrogens (primary N) is 1. The van der Waals surface area contributed by atoms with Crippen LogP contribution in [0.5, 0.6) is 0 Å². The Hall–Kier alpha value is -0.980. The van der Waals surface area contributed by atoms with Gasteiger partial charge in [0.25, 0.3) is 0 Å². The summed E-state index contributed by atoms with van der Waals surface area (Å²) >= 11 is 0. The molecular formula is C11H19N3O2S. The lowest BCUT2D eigenvalue weighted by Gasteiger charge is -2.06. The van der Waals surface area contributed by atoms with Crippen molar-refractivity contribution in [3.05, 3.63) is 29.6 Å². The first-order chi connectivity index (χ1) is 8.03. The zero-order valence-corrected chi connectivity index (χ0v) is 10.8. The van der Waals surface area contributed by atoms with E-state index in [1.54, 1.807) is 6.07 Å². The van der Waals surface area contributed by atoms with Gasteiger partial charge in [-0.1, -0.05) is 6.07 Å². The molecule has 0 aliphatic carbocycles. The molecule has 17 heavy (non-hydrogen) atoms. The van der Waals surface area contributed by atoms with Crippen LogP contribution in [0.1, 0.15) is 24.2 Å². The number of rotatable bonds is 7. The number of aromatic nitrogens is 1. The Morgan fingerprint density at radius 3 is 2.76 bits per heavy atom. The fourth-order valence-corrected chi connectivity index (χ4v) is 2.49. The molecule has 0 radical (unpaired) electrons. The summed E-state index contributed by atoms with van der Waals surface area (Å²) in [5.41, 5.74) is 6.92. The van der Waals surface area contributed by atoms with Crippen molar-refractivity contribution in [3.8, 4) is 0 Å². The van der Waals surface area contributed by atoms with E-state index in [0.29, 0.717) is 13.0 Å². The monoisotopic (exact) mass is 257 g/mol. The molecule has 0 fully saturated rings. The average Bonchev–Trinajstić information content (AvgIpc) is 2.27. The lowest BCUT2D eigenvalue weighted by Crippen LogP contribution is -2.26. The predicted molar refractivity (Wildman–Crippen MR) is 67.9 cm³/mol. The zero-order chi connectivity index (χ0) is 12.7. The number of unbranched alkanes of at least 4 members (excludes halogenated alkanes) is 1. The molecule has 0 aliphatic rings. The second kappa shape index (κ2) is 6.68. The topological polar surface area (TPSA) is 85.1 Å². The summed E-state index contributed by atoms with van der Waals surface area (Å²) in [5.74, 6) is 0.121. The molecule has 0 spiro atoms. The molecule has 0 bridgehead atoms. The highest BCUT2D eigenvalue weighted by Crippen LogP contribution is 2.00. The first-order valence-corrected chi connectivity index (χ1v) is 7.28. The number of nitrogens with zero attached hydrogens (tertiary/aromatic N) is 1. The standard InChI is InChI=1S/C11H19N3O2S/c1-10-5-4-6-11(14-10)9-13-17(15,16)8-3-2-7-12/h4-6,13H,2-3,7-9,12H2,1H3.